The Morgan fingerprint density at radius 1 is 1.44 bits per heavy atom. The summed E-state index contributed by atoms with van der Waals surface area (Å²) in [4.78, 5) is 36.9. The molecule has 1 aromatic rings. The fraction of sp³-hybridized carbons (Fsp3) is 0.667. The molecule has 0 radical (unpaired) electrons. The fourth-order valence-corrected chi connectivity index (χ4v) is 4.66. The topological polar surface area (TPSA) is 113 Å². The molecule has 1 saturated carbocycles. The maximum atomic E-state index is 13.5. The van der Waals surface area contributed by atoms with Gasteiger partial charge in [-0.15, -0.1) is 11.8 Å². The Balaban J connectivity index is 1.68. The SMILES string of the molecule is O=C(NC1CCCC1)O[C@H]1C[C@H](n2cc(F)c(=O)[nH]c2=O)S[C@@H]1CO. The van der Waals surface area contributed by atoms with Crippen LogP contribution in [0.4, 0.5) is 9.18 Å². The van der Waals surface area contributed by atoms with Gasteiger partial charge in [0.1, 0.15) is 6.10 Å². The average Bonchev–Trinajstić information content (AvgIpc) is 3.20. The van der Waals surface area contributed by atoms with E-state index < -0.39 is 39.9 Å². The minimum atomic E-state index is -1.08. The molecule has 2 fully saturated rings. The second kappa shape index (κ2) is 7.61. The number of aromatic nitrogens is 2. The van der Waals surface area contributed by atoms with Crippen LogP contribution in [0, 0.1) is 5.82 Å². The predicted octanol–water partition coefficient (Wildman–Crippen LogP) is 0.710. The number of amides is 1. The first-order valence-corrected chi connectivity index (χ1v) is 9.16. The van der Waals surface area contributed by atoms with Crippen LogP contribution in [0.3, 0.4) is 0 Å². The number of nitrogens with zero attached hydrogens (tertiary/aromatic N) is 1. The zero-order valence-corrected chi connectivity index (χ0v) is 14.3. The van der Waals surface area contributed by atoms with E-state index in [0.29, 0.717) is 0 Å². The smallest absolute Gasteiger partial charge is 0.407 e. The molecule has 0 bridgehead atoms. The van der Waals surface area contributed by atoms with Crippen molar-refractivity contribution >= 4 is 17.9 Å². The van der Waals surface area contributed by atoms with Crippen molar-refractivity contribution < 1.29 is 19.0 Å². The largest absolute Gasteiger partial charge is 0.445 e. The third-order valence-electron chi connectivity index (χ3n) is 4.53. The van der Waals surface area contributed by atoms with Gasteiger partial charge in [-0.2, -0.15) is 4.39 Å². The molecule has 1 aliphatic carbocycles. The summed E-state index contributed by atoms with van der Waals surface area (Å²) in [7, 11) is 0. The lowest BCUT2D eigenvalue weighted by Gasteiger charge is -2.19. The van der Waals surface area contributed by atoms with Crippen molar-refractivity contribution in [3.05, 3.63) is 32.9 Å². The first-order chi connectivity index (χ1) is 12.0. The van der Waals surface area contributed by atoms with Crippen molar-refractivity contribution in [1.29, 1.82) is 0 Å². The van der Waals surface area contributed by atoms with Gasteiger partial charge < -0.3 is 15.2 Å². The maximum Gasteiger partial charge on any atom is 0.407 e. The van der Waals surface area contributed by atoms with Gasteiger partial charge >= 0.3 is 11.8 Å². The molecule has 2 aliphatic rings. The van der Waals surface area contributed by atoms with Crippen LogP contribution in [0.15, 0.2) is 15.8 Å². The number of carbonyl (C=O) groups excluding carboxylic acids is 1. The van der Waals surface area contributed by atoms with Crippen molar-refractivity contribution in [2.75, 3.05) is 6.61 Å². The summed E-state index contributed by atoms with van der Waals surface area (Å²) in [6, 6.07) is 0.112. The highest BCUT2D eigenvalue weighted by Crippen LogP contribution is 2.42. The first kappa shape index (κ1) is 18.0. The van der Waals surface area contributed by atoms with Crippen LogP contribution < -0.4 is 16.6 Å². The van der Waals surface area contributed by atoms with Crippen LogP contribution in [-0.4, -0.2) is 44.8 Å². The summed E-state index contributed by atoms with van der Waals surface area (Å²) in [5, 5.41) is 11.3. The molecule has 10 heteroatoms. The summed E-state index contributed by atoms with van der Waals surface area (Å²) >= 11 is 1.20. The molecule has 1 saturated heterocycles. The Morgan fingerprint density at radius 2 is 2.16 bits per heavy atom. The van der Waals surface area contributed by atoms with Gasteiger partial charge in [0, 0.05) is 12.5 Å². The van der Waals surface area contributed by atoms with E-state index in [0.717, 1.165) is 36.4 Å². The van der Waals surface area contributed by atoms with Gasteiger partial charge in [0.25, 0.3) is 5.56 Å². The van der Waals surface area contributed by atoms with Gasteiger partial charge in [0.15, 0.2) is 0 Å². The molecule has 1 amide bonds. The molecule has 1 aromatic heterocycles. The van der Waals surface area contributed by atoms with Gasteiger partial charge in [-0.25, -0.2) is 9.59 Å². The first-order valence-electron chi connectivity index (χ1n) is 8.22. The molecule has 3 atom stereocenters. The van der Waals surface area contributed by atoms with E-state index in [2.05, 4.69) is 5.32 Å². The molecular formula is C15H20FN3O5S. The molecule has 0 aromatic carbocycles. The second-order valence-corrected chi connectivity index (χ2v) is 7.68. The van der Waals surface area contributed by atoms with Crippen LogP contribution in [0.2, 0.25) is 0 Å². The zero-order chi connectivity index (χ0) is 18.0. The Kier molecular flexibility index (Phi) is 5.48. The van der Waals surface area contributed by atoms with Crippen LogP contribution in [0.5, 0.6) is 0 Å². The standard InChI is InChI=1S/C15H20FN3O5S/c16-9-6-19(14(22)18-13(9)21)12-5-10(11(7-20)25-12)24-15(23)17-8-3-1-2-4-8/h6,8,10-12,20H,1-5,7H2,(H,17,23)(H,18,21,22)/t10-,11+,12+/m0/s1. The van der Waals surface area contributed by atoms with Crippen molar-refractivity contribution in [2.45, 2.75) is 54.9 Å². The molecule has 3 N–H and O–H groups in total. The minimum Gasteiger partial charge on any atom is -0.445 e. The Hall–Kier alpha value is -1.81. The molecule has 138 valence electrons. The number of thioether (sulfide) groups is 1. The monoisotopic (exact) mass is 373 g/mol. The van der Waals surface area contributed by atoms with Gasteiger partial charge in [0.05, 0.1) is 23.4 Å². The van der Waals surface area contributed by atoms with Crippen LogP contribution in [0.25, 0.3) is 0 Å². The predicted molar refractivity (Wildman–Crippen MR) is 89.1 cm³/mol. The van der Waals surface area contributed by atoms with Crippen LogP contribution >= 0.6 is 11.8 Å². The maximum absolute atomic E-state index is 13.5. The average molecular weight is 373 g/mol. The number of alkyl carbamates (subject to hydrolysis) is 1. The molecule has 25 heavy (non-hydrogen) atoms. The number of H-pyrrole nitrogens is 1. The van der Waals surface area contributed by atoms with E-state index in [1.165, 1.54) is 11.8 Å². The number of halogens is 1. The van der Waals surface area contributed by atoms with E-state index in [1.54, 1.807) is 0 Å². The van der Waals surface area contributed by atoms with Gasteiger partial charge in [-0.05, 0) is 12.8 Å². The normalized spacial score (nSPS) is 26.7. The number of aliphatic hydroxyl groups is 1. The summed E-state index contributed by atoms with van der Waals surface area (Å²) in [6.07, 6.45) is 3.92. The molecule has 3 rings (SSSR count). The van der Waals surface area contributed by atoms with E-state index in [4.69, 9.17) is 4.74 Å². The summed E-state index contributed by atoms with van der Waals surface area (Å²) in [5.74, 6) is -1.07. The van der Waals surface area contributed by atoms with E-state index in [9.17, 15) is 23.9 Å². The third kappa shape index (κ3) is 4.06. The molecular weight excluding hydrogens is 353 g/mol. The lowest BCUT2D eigenvalue weighted by atomic mass is 10.2. The number of ether oxygens (including phenoxy) is 1. The second-order valence-electron chi connectivity index (χ2n) is 6.26. The molecule has 0 unspecified atom stereocenters. The van der Waals surface area contributed by atoms with Gasteiger partial charge in [0.2, 0.25) is 5.82 Å². The number of hydrogen-bond donors (Lipinski definition) is 3. The van der Waals surface area contributed by atoms with E-state index in [-0.39, 0.29) is 19.1 Å². The number of aliphatic hydroxyl groups excluding tert-OH is 1. The van der Waals surface area contributed by atoms with Gasteiger partial charge in [-0.1, -0.05) is 12.8 Å². The number of carbonyl (C=O) groups is 1. The summed E-state index contributed by atoms with van der Waals surface area (Å²) in [5.41, 5.74) is -1.82. The summed E-state index contributed by atoms with van der Waals surface area (Å²) in [6.45, 7) is -0.247. The zero-order valence-electron chi connectivity index (χ0n) is 13.4. The Bertz CT molecular complexity index is 745. The molecule has 0 spiro atoms. The number of nitrogens with one attached hydrogen (secondary N) is 2. The minimum absolute atomic E-state index is 0.112. The van der Waals surface area contributed by atoms with E-state index >= 15 is 0 Å². The summed E-state index contributed by atoms with van der Waals surface area (Å²) < 4.78 is 19.9. The van der Waals surface area contributed by atoms with Crippen molar-refractivity contribution in [2.24, 2.45) is 0 Å². The Labute approximate surface area is 146 Å². The lowest BCUT2D eigenvalue weighted by molar-refractivity contribution is 0.0804. The third-order valence-corrected chi connectivity index (χ3v) is 6.07. The number of aromatic amines is 1. The number of rotatable bonds is 4. The molecule has 8 nitrogen and oxygen atoms in total. The lowest BCUT2D eigenvalue weighted by Crippen LogP contribution is -2.38. The molecule has 1 aliphatic heterocycles. The van der Waals surface area contributed by atoms with Crippen molar-refractivity contribution in [3.63, 3.8) is 0 Å². The van der Waals surface area contributed by atoms with Crippen molar-refractivity contribution in [1.82, 2.24) is 14.9 Å². The fourth-order valence-electron chi connectivity index (χ4n) is 3.24. The van der Waals surface area contributed by atoms with E-state index in [1.807, 2.05) is 4.98 Å². The Morgan fingerprint density at radius 3 is 2.84 bits per heavy atom. The van der Waals surface area contributed by atoms with Crippen molar-refractivity contribution in [3.8, 4) is 0 Å². The highest BCUT2D eigenvalue weighted by Gasteiger charge is 2.39. The van der Waals surface area contributed by atoms with Gasteiger partial charge in [-0.3, -0.25) is 14.3 Å². The highest BCUT2D eigenvalue weighted by molar-refractivity contribution is 8.00. The number of hydrogen-bond acceptors (Lipinski definition) is 6. The molecule has 2 heterocycles. The van der Waals surface area contributed by atoms with Crippen LogP contribution in [0.1, 0.15) is 37.5 Å². The highest BCUT2D eigenvalue weighted by atomic mass is 32.2. The van der Waals surface area contributed by atoms with Crippen LogP contribution in [-0.2, 0) is 4.74 Å². The quantitative estimate of drug-likeness (QED) is 0.716.